The Morgan fingerprint density at radius 3 is 2.47 bits per heavy atom. The second-order valence-electron chi connectivity index (χ2n) is 8.19. The van der Waals surface area contributed by atoms with E-state index in [0.29, 0.717) is 43.7 Å². The highest BCUT2D eigenvalue weighted by Gasteiger charge is 2.44. The average Bonchev–Trinajstić information content (AvgIpc) is 2.74. The third kappa shape index (κ3) is 3.73. The summed E-state index contributed by atoms with van der Waals surface area (Å²) < 4.78 is 6.34. The van der Waals surface area contributed by atoms with Crippen LogP contribution in [0.3, 0.4) is 0 Å². The number of fused-ring (bicyclic) bond motifs is 1. The Kier molecular flexibility index (Phi) is 5.17. The Labute approximate surface area is 176 Å². The third-order valence-corrected chi connectivity index (χ3v) is 6.13. The van der Waals surface area contributed by atoms with Crippen LogP contribution in [-0.2, 0) is 4.79 Å². The van der Waals surface area contributed by atoms with Gasteiger partial charge in [-0.25, -0.2) is 0 Å². The molecule has 1 fully saturated rings. The van der Waals surface area contributed by atoms with Gasteiger partial charge in [0.25, 0.3) is 5.91 Å². The zero-order chi connectivity index (χ0) is 21.3. The lowest BCUT2D eigenvalue weighted by atomic mass is 9.81. The maximum atomic E-state index is 12.9. The summed E-state index contributed by atoms with van der Waals surface area (Å²) in [6.07, 6.45) is 3.09. The van der Waals surface area contributed by atoms with E-state index in [2.05, 4.69) is 0 Å². The minimum absolute atomic E-state index is 0.0980. The molecular weight excluding hydrogens is 376 g/mol. The smallest absolute Gasteiger partial charge is 0.264 e. The van der Waals surface area contributed by atoms with Crippen molar-refractivity contribution in [2.24, 2.45) is 0 Å². The van der Waals surface area contributed by atoms with E-state index in [-0.39, 0.29) is 17.3 Å². The Balaban J connectivity index is 1.49. The fourth-order valence-corrected chi connectivity index (χ4v) is 4.17. The van der Waals surface area contributed by atoms with Gasteiger partial charge in [0.1, 0.15) is 23.0 Å². The summed E-state index contributed by atoms with van der Waals surface area (Å²) in [5, 5.41) is 9.49. The molecule has 0 atom stereocenters. The van der Waals surface area contributed by atoms with Crippen LogP contribution in [0.25, 0.3) is 6.08 Å². The van der Waals surface area contributed by atoms with Crippen LogP contribution in [0, 0.1) is 25.2 Å². The summed E-state index contributed by atoms with van der Waals surface area (Å²) in [7, 11) is 0. The summed E-state index contributed by atoms with van der Waals surface area (Å²) in [4.78, 5) is 27.3. The molecule has 0 aliphatic carbocycles. The van der Waals surface area contributed by atoms with Crippen molar-refractivity contribution in [1.82, 2.24) is 4.90 Å². The van der Waals surface area contributed by atoms with Crippen LogP contribution in [0.2, 0.25) is 0 Å². The molecule has 0 aromatic heterocycles. The van der Waals surface area contributed by atoms with E-state index in [4.69, 9.17) is 4.74 Å². The molecule has 1 spiro atoms. The fourth-order valence-electron chi connectivity index (χ4n) is 4.17. The van der Waals surface area contributed by atoms with E-state index in [0.717, 1.165) is 16.7 Å². The van der Waals surface area contributed by atoms with Crippen molar-refractivity contribution in [1.29, 1.82) is 5.26 Å². The van der Waals surface area contributed by atoms with Gasteiger partial charge in [-0.2, -0.15) is 5.26 Å². The number of hydrogen-bond donors (Lipinski definition) is 0. The molecule has 30 heavy (non-hydrogen) atoms. The van der Waals surface area contributed by atoms with Gasteiger partial charge in [-0.15, -0.1) is 0 Å². The molecule has 2 aromatic rings. The predicted octanol–water partition coefficient (Wildman–Crippen LogP) is 4.24. The number of aryl methyl sites for hydroxylation is 2. The van der Waals surface area contributed by atoms with Crippen LogP contribution in [0.1, 0.15) is 46.3 Å². The van der Waals surface area contributed by atoms with Gasteiger partial charge < -0.3 is 9.64 Å². The van der Waals surface area contributed by atoms with E-state index in [1.54, 1.807) is 11.0 Å². The number of hydrogen-bond acceptors (Lipinski definition) is 4. The molecule has 2 aromatic carbocycles. The Hall–Kier alpha value is -3.39. The lowest BCUT2D eigenvalue weighted by Crippen LogP contribution is -2.52. The highest BCUT2D eigenvalue weighted by Crippen LogP contribution is 2.40. The number of carbonyl (C=O) groups is 2. The Morgan fingerprint density at radius 1 is 1.13 bits per heavy atom. The number of rotatable bonds is 2. The first-order valence-corrected chi connectivity index (χ1v) is 10.2. The van der Waals surface area contributed by atoms with Gasteiger partial charge >= 0.3 is 0 Å². The van der Waals surface area contributed by atoms with Gasteiger partial charge in [0.05, 0.1) is 12.0 Å². The van der Waals surface area contributed by atoms with E-state index < -0.39 is 5.60 Å². The lowest BCUT2D eigenvalue weighted by molar-refractivity contribution is -0.130. The van der Waals surface area contributed by atoms with E-state index >= 15 is 0 Å². The largest absolute Gasteiger partial charge is 0.486 e. The quantitative estimate of drug-likeness (QED) is 0.559. The minimum Gasteiger partial charge on any atom is -0.486 e. The third-order valence-electron chi connectivity index (χ3n) is 6.13. The first-order valence-electron chi connectivity index (χ1n) is 10.2. The monoisotopic (exact) mass is 400 g/mol. The number of likely N-dealkylation sites (tertiary alicyclic amines) is 1. The number of piperidine rings is 1. The van der Waals surface area contributed by atoms with Crippen molar-refractivity contribution in [3.63, 3.8) is 0 Å². The van der Waals surface area contributed by atoms with Gasteiger partial charge in [0.2, 0.25) is 0 Å². The molecular formula is C25H24N2O3. The topological polar surface area (TPSA) is 70.4 Å². The minimum atomic E-state index is -0.571. The standard InChI is InChI=1S/C25H24N2O3/c1-17-12-21-22(28)15-25(30-23(21)13-18(17)2)8-10-27(11-9-25)24(29)20(16-26)14-19-6-4-3-5-7-19/h3-7,12-14H,8-11,15H2,1-2H3/b20-14+. The van der Waals surface area contributed by atoms with Crippen molar-refractivity contribution < 1.29 is 14.3 Å². The molecule has 0 radical (unpaired) electrons. The molecule has 2 heterocycles. The Bertz CT molecular complexity index is 1070. The molecule has 4 rings (SSSR count). The highest BCUT2D eigenvalue weighted by molar-refractivity contribution is 6.02. The number of Topliss-reactive ketones (excluding diaryl/α,β-unsaturated/α-hetero) is 1. The van der Waals surface area contributed by atoms with Crippen molar-refractivity contribution in [3.8, 4) is 11.8 Å². The van der Waals surface area contributed by atoms with Gasteiger partial charge in [0.15, 0.2) is 5.78 Å². The molecule has 0 bridgehead atoms. The van der Waals surface area contributed by atoms with Crippen molar-refractivity contribution in [2.75, 3.05) is 13.1 Å². The number of benzene rings is 2. The zero-order valence-electron chi connectivity index (χ0n) is 17.3. The van der Waals surface area contributed by atoms with Gasteiger partial charge in [-0.3, -0.25) is 9.59 Å². The molecule has 5 heteroatoms. The number of carbonyl (C=O) groups excluding carboxylic acids is 2. The number of nitrogens with zero attached hydrogens (tertiary/aromatic N) is 2. The second kappa shape index (κ2) is 7.79. The summed E-state index contributed by atoms with van der Waals surface area (Å²) in [5.74, 6) is 0.474. The molecule has 0 unspecified atom stereocenters. The molecule has 152 valence electrons. The molecule has 0 N–H and O–H groups in total. The SMILES string of the molecule is Cc1cc2c(cc1C)C(=O)CC1(CCN(C(=O)/C(C#N)=C/c3ccccc3)CC1)O2. The molecule has 2 aliphatic heterocycles. The second-order valence-corrected chi connectivity index (χ2v) is 8.19. The van der Waals surface area contributed by atoms with E-state index in [1.807, 2.05) is 62.4 Å². The normalized spacial score (nSPS) is 17.8. The molecule has 0 saturated carbocycles. The number of ketones is 1. The van der Waals surface area contributed by atoms with Crippen molar-refractivity contribution >= 4 is 17.8 Å². The van der Waals surface area contributed by atoms with Crippen molar-refractivity contribution in [2.45, 2.75) is 38.7 Å². The number of ether oxygens (including phenoxy) is 1. The maximum absolute atomic E-state index is 12.9. The Morgan fingerprint density at radius 2 is 1.80 bits per heavy atom. The maximum Gasteiger partial charge on any atom is 0.264 e. The van der Waals surface area contributed by atoms with Crippen molar-refractivity contribution in [3.05, 3.63) is 70.3 Å². The van der Waals surface area contributed by atoms with Crippen LogP contribution in [0.5, 0.6) is 5.75 Å². The predicted molar refractivity (Wildman–Crippen MR) is 114 cm³/mol. The first kappa shape index (κ1) is 19.9. The summed E-state index contributed by atoms with van der Waals surface area (Å²) in [6.45, 7) is 4.92. The van der Waals surface area contributed by atoms with E-state index in [9.17, 15) is 14.9 Å². The lowest BCUT2D eigenvalue weighted by Gasteiger charge is -2.44. The zero-order valence-corrected chi connectivity index (χ0v) is 17.3. The number of amides is 1. The highest BCUT2D eigenvalue weighted by atomic mass is 16.5. The molecule has 2 aliphatic rings. The summed E-state index contributed by atoms with van der Waals surface area (Å²) in [5.41, 5.74) is 3.19. The van der Waals surface area contributed by atoms with Gasteiger partial charge in [-0.05, 0) is 48.7 Å². The average molecular weight is 400 g/mol. The van der Waals surface area contributed by atoms with Gasteiger partial charge in [-0.1, -0.05) is 30.3 Å². The molecule has 5 nitrogen and oxygen atoms in total. The molecule has 1 saturated heterocycles. The van der Waals surface area contributed by atoms with Crippen LogP contribution < -0.4 is 4.74 Å². The molecule has 1 amide bonds. The van der Waals surface area contributed by atoms with Crippen LogP contribution in [-0.4, -0.2) is 35.3 Å². The van der Waals surface area contributed by atoms with Gasteiger partial charge in [0, 0.05) is 25.9 Å². The summed E-state index contributed by atoms with van der Waals surface area (Å²) in [6, 6.07) is 15.2. The number of nitriles is 1. The van der Waals surface area contributed by atoms with Crippen LogP contribution in [0.15, 0.2) is 48.0 Å². The van der Waals surface area contributed by atoms with Crippen LogP contribution >= 0.6 is 0 Å². The fraction of sp³-hybridized carbons (Fsp3) is 0.320. The van der Waals surface area contributed by atoms with Crippen LogP contribution in [0.4, 0.5) is 0 Å². The van der Waals surface area contributed by atoms with E-state index in [1.165, 1.54) is 0 Å². The first-order chi connectivity index (χ1) is 14.4. The summed E-state index contributed by atoms with van der Waals surface area (Å²) >= 11 is 0.